The summed E-state index contributed by atoms with van der Waals surface area (Å²) in [6.07, 6.45) is 2.60. The number of nitrogen functional groups attached to an aromatic ring is 1. The van der Waals surface area contributed by atoms with Crippen LogP contribution in [-0.4, -0.2) is 27.0 Å². The van der Waals surface area contributed by atoms with Gasteiger partial charge in [-0.15, -0.1) is 24.8 Å². The van der Waals surface area contributed by atoms with Crippen LogP contribution in [0.15, 0.2) is 71.7 Å². The number of carbonyl (C=O) groups is 1. The topological polar surface area (TPSA) is 115 Å². The van der Waals surface area contributed by atoms with Gasteiger partial charge in [-0.05, 0) is 66.8 Å². The van der Waals surface area contributed by atoms with Gasteiger partial charge in [0.1, 0.15) is 23.5 Å². The fourth-order valence-corrected chi connectivity index (χ4v) is 4.98. The normalized spacial score (nSPS) is 13.6. The zero-order chi connectivity index (χ0) is 27.5. The van der Waals surface area contributed by atoms with E-state index in [1.54, 1.807) is 36.5 Å². The molecule has 2 aromatic carbocycles. The van der Waals surface area contributed by atoms with Gasteiger partial charge in [0.05, 0.1) is 0 Å². The molecule has 0 spiro atoms. The Kier molecular flexibility index (Phi) is 10.4. The summed E-state index contributed by atoms with van der Waals surface area (Å²) in [5, 5.41) is 5.97. The number of anilines is 2. The number of fused-ring (bicyclic) bond motifs is 1. The second-order valence-electron chi connectivity index (χ2n) is 9.57. The maximum atomic E-state index is 14.0. The van der Waals surface area contributed by atoms with Gasteiger partial charge in [-0.3, -0.25) is 14.2 Å². The van der Waals surface area contributed by atoms with E-state index < -0.39 is 29.2 Å². The number of benzene rings is 2. The van der Waals surface area contributed by atoms with Crippen LogP contribution in [0.4, 0.5) is 20.4 Å². The lowest BCUT2D eigenvalue weighted by Crippen LogP contribution is -2.36. The molecule has 1 amide bonds. The molecule has 4 aromatic rings. The number of amides is 1. The number of pyridine rings is 1. The molecular weight excluding hydrogens is 573 g/mol. The second kappa shape index (κ2) is 13.6. The summed E-state index contributed by atoms with van der Waals surface area (Å²) in [7, 11) is 0. The molecule has 216 valence electrons. The maximum absolute atomic E-state index is 14.0. The third kappa shape index (κ3) is 7.01. The van der Waals surface area contributed by atoms with E-state index in [4.69, 9.17) is 5.73 Å². The molecule has 0 unspecified atom stereocenters. The van der Waals surface area contributed by atoms with Crippen molar-refractivity contribution in [2.75, 3.05) is 17.6 Å². The Balaban J connectivity index is 0.00000231. The largest absolute Gasteiger partial charge is 0.384 e. The predicted molar refractivity (Wildman–Crippen MR) is 159 cm³/mol. The third-order valence-electron chi connectivity index (χ3n) is 7.01. The van der Waals surface area contributed by atoms with E-state index in [0.717, 1.165) is 11.3 Å². The highest BCUT2D eigenvalue weighted by Crippen LogP contribution is 2.27. The van der Waals surface area contributed by atoms with Crippen molar-refractivity contribution in [1.29, 1.82) is 0 Å². The highest BCUT2D eigenvalue weighted by molar-refractivity contribution is 5.85. The van der Waals surface area contributed by atoms with Crippen molar-refractivity contribution in [2.45, 2.75) is 38.3 Å². The van der Waals surface area contributed by atoms with Crippen LogP contribution in [-0.2, 0) is 17.8 Å². The molecule has 1 atom stereocenters. The molecular formula is C29H30Cl2F2N6O2. The Labute approximate surface area is 248 Å². The quantitative estimate of drug-likeness (QED) is 0.269. The summed E-state index contributed by atoms with van der Waals surface area (Å²) in [5.74, 6) is -1.08. The number of aryl methyl sites for hydroxylation is 2. The van der Waals surface area contributed by atoms with Crippen molar-refractivity contribution in [3.05, 3.63) is 117 Å². The second-order valence-corrected chi connectivity index (χ2v) is 9.57. The molecule has 0 radical (unpaired) electrons. The average molecular weight is 604 g/mol. The Morgan fingerprint density at radius 1 is 1.07 bits per heavy atom. The highest BCUT2D eigenvalue weighted by atomic mass is 35.5. The Bertz CT molecular complexity index is 1550. The van der Waals surface area contributed by atoms with Crippen molar-refractivity contribution in [3.8, 4) is 0 Å². The van der Waals surface area contributed by atoms with Gasteiger partial charge in [0.25, 0.3) is 5.56 Å². The van der Waals surface area contributed by atoms with Crippen LogP contribution in [0.25, 0.3) is 0 Å². The Hall–Kier alpha value is -4.02. The van der Waals surface area contributed by atoms with Crippen LogP contribution in [0.1, 0.15) is 46.5 Å². The van der Waals surface area contributed by atoms with E-state index in [9.17, 15) is 18.4 Å². The summed E-state index contributed by atoms with van der Waals surface area (Å²) < 4.78 is 29.5. The molecule has 1 aliphatic rings. The van der Waals surface area contributed by atoms with Crippen LogP contribution in [0.2, 0.25) is 0 Å². The molecule has 1 aliphatic heterocycles. The molecule has 5 rings (SSSR count). The van der Waals surface area contributed by atoms with Gasteiger partial charge >= 0.3 is 0 Å². The molecule has 0 bridgehead atoms. The van der Waals surface area contributed by atoms with Crippen LogP contribution >= 0.6 is 24.8 Å². The molecule has 0 fully saturated rings. The zero-order valence-corrected chi connectivity index (χ0v) is 23.8. The number of aromatic nitrogens is 3. The van der Waals surface area contributed by atoms with Gasteiger partial charge in [0, 0.05) is 36.6 Å². The minimum Gasteiger partial charge on any atom is -0.384 e. The van der Waals surface area contributed by atoms with Gasteiger partial charge in [0.15, 0.2) is 5.82 Å². The van der Waals surface area contributed by atoms with Crippen molar-refractivity contribution >= 4 is 42.4 Å². The van der Waals surface area contributed by atoms with Gasteiger partial charge in [0.2, 0.25) is 5.91 Å². The van der Waals surface area contributed by atoms with Crippen molar-refractivity contribution in [2.24, 2.45) is 0 Å². The SMILES string of the molecule is Cc1nc(N)ccc1CNC(=O)[C@@H]1CCc2cnc(NCC(c3cccc(F)c3)c3cccc(F)c3)c(=O)n21.Cl.Cl. The fourth-order valence-electron chi connectivity index (χ4n) is 4.98. The van der Waals surface area contributed by atoms with Crippen molar-refractivity contribution in [3.63, 3.8) is 0 Å². The lowest BCUT2D eigenvalue weighted by Gasteiger charge is -2.20. The van der Waals surface area contributed by atoms with E-state index >= 15 is 0 Å². The maximum Gasteiger partial charge on any atom is 0.294 e. The van der Waals surface area contributed by atoms with E-state index in [0.29, 0.717) is 35.5 Å². The summed E-state index contributed by atoms with van der Waals surface area (Å²) in [5.41, 5.74) is 8.76. The van der Waals surface area contributed by atoms with Gasteiger partial charge in [-0.2, -0.15) is 0 Å². The molecule has 0 aliphatic carbocycles. The van der Waals surface area contributed by atoms with Crippen LogP contribution in [0.5, 0.6) is 0 Å². The fraction of sp³-hybridized carbons (Fsp3) is 0.241. The number of nitrogens with one attached hydrogen (secondary N) is 2. The summed E-state index contributed by atoms with van der Waals surface area (Å²) in [6.45, 7) is 2.24. The summed E-state index contributed by atoms with van der Waals surface area (Å²) >= 11 is 0. The van der Waals surface area contributed by atoms with Crippen molar-refractivity contribution in [1.82, 2.24) is 19.9 Å². The number of carbonyl (C=O) groups excluding carboxylic acids is 1. The monoisotopic (exact) mass is 602 g/mol. The number of hydrogen-bond donors (Lipinski definition) is 3. The molecule has 41 heavy (non-hydrogen) atoms. The molecule has 0 saturated heterocycles. The molecule has 8 nitrogen and oxygen atoms in total. The summed E-state index contributed by atoms with van der Waals surface area (Å²) in [4.78, 5) is 35.1. The van der Waals surface area contributed by atoms with E-state index in [2.05, 4.69) is 20.6 Å². The van der Waals surface area contributed by atoms with Crippen molar-refractivity contribution < 1.29 is 13.6 Å². The molecule has 4 N–H and O–H groups in total. The summed E-state index contributed by atoms with van der Waals surface area (Å²) in [6, 6.07) is 14.9. The lowest BCUT2D eigenvalue weighted by molar-refractivity contribution is -0.124. The number of nitrogens with two attached hydrogens (primary N) is 1. The lowest BCUT2D eigenvalue weighted by atomic mass is 9.91. The molecule has 0 saturated carbocycles. The first-order valence-corrected chi connectivity index (χ1v) is 12.6. The van der Waals surface area contributed by atoms with Gasteiger partial charge in [-0.25, -0.2) is 18.7 Å². The molecule has 2 aromatic heterocycles. The zero-order valence-electron chi connectivity index (χ0n) is 22.1. The third-order valence-corrected chi connectivity index (χ3v) is 7.01. The first-order chi connectivity index (χ1) is 18.8. The molecule has 12 heteroatoms. The minimum atomic E-state index is -0.680. The standard InChI is InChI=1S/C29H28F2N6O2.2ClH/c1-17-20(8-11-26(32)36-17)14-35-28(38)25-10-9-23-15-33-27(29(39)37(23)25)34-16-24(18-4-2-6-21(30)12-18)19-5-3-7-22(31)13-19;;/h2-8,11-13,15,24-25H,9-10,14,16H2,1H3,(H2,32,36)(H,33,34)(H,35,38);2*1H/t25-;;/m0../s1. The van der Waals surface area contributed by atoms with E-state index in [1.807, 2.05) is 13.0 Å². The average Bonchev–Trinajstić information content (AvgIpc) is 3.35. The number of rotatable bonds is 8. The minimum absolute atomic E-state index is 0. The van der Waals surface area contributed by atoms with Crippen LogP contribution < -0.4 is 21.9 Å². The van der Waals surface area contributed by atoms with E-state index in [-0.39, 0.29) is 49.6 Å². The number of halogens is 4. The van der Waals surface area contributed by atoms with Gasteiger partial charge in [-0.1, -0.05) is 30.3 Å². The number of nitrogens with zero attached hydrogens (tertiary/aromatic N) is 3. The molecule has 3 heterocycles. The van der Waals surface area contributed by atoms with Gasteiger partial charge < -0.3 is 16.4 Å². The van der Waals surface area contributed by atoms with Crippen LogP contribution in [0, 0.1) is 18.6 Å². The smallest absolute Gasteiger partial charge is 0.294 e. The Morgan fingerprint density at radius 2 is 1.73 bits per heavy atom. The van der Waals surface area contributed by atoms with Crippen LogP contribution in [0.3, 0.4) is 0 Å². The predicted octanol–water partition coefficient (Wildman–Crippen LogP) is 4.70. The Morgan fingerprint density at radius 3 is 2.34 bits per heavy atom. The van der Waals surface area contributed by atoms with E-state index in [1.165, 1.54) is 28.8 Å². The first-order valence-electron chi connectivity index (χ1n) is 12.6. The highest BCUT2D eigenvalue weighted by Gasteiger charge is 2.31. The number of hydrogen-bond acceptors (Lipinski definition) is 6. The first kappa shape index (κ1) is 31.5.